The summed E-state index contributed by atoms with van der Waals surface area (Å²) in [7, 11) is 0. The second-order valence-corrected chi connectivity index (χ2v) is 3.31. The van der Waals surface area contributed by atoms with Gasteiger partial charge in [-0.25, -0.2) is 0 Å². The normalized spacial score (nSPS) is 9.55. The Morgan fingerprint density at radius 3 is 2.64 bits per heavy atom. The summed E-state index contributed by atoms with van der Waals surface area (Å²) >= 11 is 6.67. The minimum atomic E-state index is -0.446. The zero-order valence-electron chi connectivity index (χ0n) is 5.58. The van der Waals surface area contributed by atoms with Gasteiger partial charge in [0.1, 0.15) is 0 Å². The van der Waals surface area contributed by atoms with Gasteiger partial charge in [0, 0.05) is 4.90 Å². The molecule has 1 aromatic rings. The number of hydrogen-bond acceptors (Lipinski definition) is 2. The highest BCUT2D eigenvalue weighted by atomic mass is 35.5. The summed E-state index contributed by atoms with van der Waals surface area (Å²) in [6.45, 7) is 0. The fourth-order valence-electron chi connectivity index (χ4n) is 0.636. The lowest BCUT2D eigenvalue weighted by Gasteiger charge is -1.97. The van der Waals surface area contributed by atoms with Crippen molar-refractivity contribution in [2.24, 2.45) is 5.73 Å². The third-order valence-corrected chi connectivity index (χ3v) is 2.27. The van der Waals surface area contributed by atoms with Gasteiger partial charge in [-0.1, -0.05) is 23.7 Å². The Balaban J connectivity index is 2.86. The van der Waals surface area contributed by atoms with Gasteiger partial charge in [-0.3, -0.25) is 4.79 Å². The first-order valence-electron chi connectivity index (χ1n) is 2.92. The van der Waals surface area contributed by atoms with E-state index in [1.165, 1.54) is 0 Å². The molecule has 0 radical (unpaired) electrons. The lowest BCUT2D eigenvalue weighted by Crippen LogP contribution is -2.01. The van der Waals surface area contributed by atoms with Gasteiger partial charge >= 0.3 is 0 Å². The van der Waals surface area contributed by atoms with Crippen molar-refractivity contribution in [3.8, 4) is 0 Å². The van der Waals surface area contributed by atoms with Crippen molar-refractivity contribution in [1.29, 1.82) is 0 Å². The molecule has 0 heterocycles. The van der Waals surface area contributed by atoms with Gasteiger partial charge in [0.15, 0.2) is 0 Å². The van der Waals surface area contributed by atoms with Crippen LogP contribution in [-0.4, -0.2) is 5.24 Å². The fourth-order valence-corrected chi connectivity index (χ4v) is 1.42. The Kier molecular flexibility index (Phi) is 2.79. The minimum Gasteiger partial charge on any atom is -0.360 e. The Bertz CT molecular complexity index is 277. The average Bonchev–Trinajstić information content (AvgIpc) is 1.93. The van der Waals surface area contributed by atoms with Crippen molar-refractivity contribution in [2.45, 2.75) is 4.90 Å². The number of carbonyl (C=O) groups excluding carboxylic acids is 1. The van der Waals surface area contributed by atoms with Gasteiger partial charge in [0.05, 0.1) is 5.02 Å². The van der Waals surface area contributed by atoms with E-state index in [0.717, 1.165) is 11.8 Å². The third kappa shape index (κ3) is 2.44. The number of halogens is 1. The number of carbonyl (C=O) groups is 1. The molecule has 2 nitrogen and oxygen atoms in total. The second-order valence-electron chi connectivity index (χ2n) is 1.85. The minimum absolute atomic E-state index is 0.446. The maximum atomic E-state index is 10.4. The van der Waals surface area contributed by atoms with E-state index in [1.54, 1.807) is 24.3 Å². The second kappa shape index (κ2) is 3.64. The summed E-state index contributed by atoms with van der Waals surface area (Å²) in [5.41, 5.74) is 4.96. The van der Waals surface area contributed by atoms with Crippen LogP contribution in [0.2, 0.25) is 5.02 Å². The van der Waals surface area contributed by atoms with Gasteiger partial charge in [-0.15, -0.1) is 0 Å². The number of hydrogen-bond donors (Lipinski definition) is 1. The van der Waals surface area contributed by atoms with Gasteiger partial charge in [-0.2, -0.15) is 0 Å². The summed E-state index contributed by atoms with van der Waals surface area (Å²) in [6, 6.07) is 7.06. The Morgan fingerprint density at radius 2 is 2.09 bits per heavy atom. The molecule has 4 heteroatoms. The van der Waals surface area contributed by atoms with E-state index in [4.69, 9.17) is 17.3 Å². The first-order valence-corrected chi connectivity index (χ1v) is 4.11. The molecule has 58 valence electrons. The molecule has 0 aliphatic carbocycles. The largest absolute Gasteiger partial charge is 0.360 e. The van der Waals surface area contributed by atoms with E-state index >= 15 is 0 Å². The Labute approximate surface area is 73.7 Å². The molecule has 2 N–H and O–H groups in total. The molecule has 0 saturated heterocycles. The predicted octanol–water partition coefficient (Wildman–Crippen LogP) is 2.51. The summed E-state index contributed by atoms with van der Waals surface area (Å²) in [4.78, 5) is 11.1. The third-order valence-electron chi connectivity index (χ3n) is 1.05. The number of amides is 1. The van der Waals surface area contributed by atoms with Gasteiger partial charge < -0.3 is 5.73 Å². The van der Waals surface area contributed by atoms with Crippen LogP contribution in [0.15, 0.2) is 29.2 Å². The Morgan fingerprint density at radius 1 is 1.45 bits per heavy atom. The van der Waals surface area contributed by atoms with Crippen molar-refractivity contribution in [2.75, 3.05) is 0 Å². The lowest BCUT2D eigenvalue weighted by molar-refractivity contribution is 0.267. The molecular weight excluding hydrogens is 182 g/mol. The number of nitrogens with two attached hydrogens (primary N) is 1. The molecule has 0 aliphatic rings. The predicted molar refractivity (Wildman–Crippen MR) is 46.9 cm³/mol. The monoisotopic (exact) mass is 187 g/mol. The van der Waals surface area contributed by atoms with Crippen molar-refractivity contribution >= 4 is 28.6 Å². The van der Waals surface area contributed by atoms with E-state index < -0.39 is 5.24 Å². The maximum absolute atomic E-state index is 10.4. The summed E-state index contributed by atoms with van der Waals surface area (Å²) in [6.07, 6.45) is 0. The van der Waals surface area contributed by atoms with Crippen LogP contribution in [0.5, 0.6) is 0 Å². The highest BCUT2D eigenvalue weighted by Crippen LogP contribution is 2.25. The number of primary amides is 1. The van der Waals surface area contributed by atoms with Crippen LogP contribution in [0.4, 0.5) is 4.79 Å². The first kappa shape index (κ1) is 8.43. The van der Waals surface area contributed by atoms with E-state index in [9.17, 15) is 4.79 Å². The van der Waals surface area contributed by atoms with Crippen molar-refractivity contribution in [3.05, 3.63) is 29.3 Å². The van der Waals surface area contributed by atoms with Gasteiger partial charge in [0.2, 0.25) is 0 Å². The molecule has 0 spiro atoms. The smallest absolute Gasteiger partial charge is 0.281 e. The number of rotatable bonds is 1. The molecule has 11 heavy (non-hydrogen) atoms. The van der Waals surface area contributed by atoms with Crippen molar-refractivity contribution < 1.29 is 4.79 Å². The molecule has 1 aromatic carbocycles. The summed E-state index contributed by atoms with van der Waals surface area (Å²) in [5, 5.41) is 0.106. The fraction of sp³-hybridized carbons (Fsp3) is 0. The van der Waals surface area contributed by atoms with Crippen molar-refractivity contribution in [1.82, 2.24) is 0 Å². The van der Waals surface area contributed by atoms with Crippen LogP contribution in [0, 0.1) is 0 Å². The zero-order chi connectivity index (χ0) is 8.27. The molecule has 0 aliphatic heterocycles. The Hall–Kier alpha value is -0.670. The van der Waals surface area contributed by atoms with E-state index in [1.807, 2.05) is 0 Å². The molecule has 1 amide bonds. The van der Waals surface area contributed by atoms with E-state index in [2.05, 4.69) is 0 Å². The molecule has 0 unspecified atom stereocenters. The van der Waals surface area contributed by atoms with Crippen LogP contribution >= 0.6 is 23.4 Å². The quantitative estimate of drug-likeness (QED) is 0.687. The van der Waals surface area contributed by atoms with Crippen LogP contribution in [0.25, 0.3) is 0 Å². The molecule has 0 fully saturated rings. The van der Waals surface area contributed by atoms with Gasteiger partial charge in [0.25, 0.3) is 5.24 Å². The molecular formula is C7H6ClNOS. The molecule has 0 bridgehead atoms. The average molecular weight is 188 g/mol. The van der Waals surface area contributed by atoms with E-state index in [0.29, 0.717) is 9.92 Å². The summed E-state index contributed by atoms with van der Waals surface area (Å²) in [5.74, 6) is 0. The highest BCUT2D eigenvalue weighted by molar-refractivity contribution is 8.13. The van der Waals surface area contributed by atoms with Crippen LogP contribution < -0.4 is 5.73 Å². The van der Waals surface area contributed by atoms with Crippen LogP contribution in [0.3, 0.4) is 0 Å². The zero-order valence-corrected chi connectivity index (χ0v) is 7.15. The standard InChI is InChI=1S/C7H6ClNOS/c8-5-3-1-2-4-6(5)11-7(9)10/h1-4H,(H2,9,10). The molecule has 0 saturated carbocycles. The highest BCUT2D eigenvalue weighted by Gasteiger charge is 2.02. The SMILES string of the molecule is NC(=O)Sc1ccccc1Cl. The summed E-state index contributed by atoms with van der Waals surface area (Å²) < 4.78 is 0. The number of benzene rings is 1. The molecule has 0 atom stereocenters. The lowest BCUT2D eigenvalue weighted by atomic mass is 10.4. The van der Waals surface area contributed by atoms with Crippen molar-refractivity contribution in [3.63, 3.8) is 0 Å². The number of thioether (sulfide) groups is 1. The van der Waals surface area contributed by atoms with Crippen LogP contribution in [0.1, 0.15) is 0 Å². The molecule has 0 aromatic heterocycles. The van der Waals surface area contributed by atoms with Crippen LogP contribution in [-0.2, 0) is 0 Å². The molecule has 1 rings (SSSR count). The van der Waals surface area contributed by atoms with Gasteiger partial charge in [-0.05, 0) is 23.9 Å². The maximum Gasteiger partial charge on any atom is 0.281 e. The van der Waals surface area contributed by atoms with E-state index in [-0.39, 0.29) is 0 Å². The first-order chi connectivity index (χ1) is 5.20. The topological polar surface area (TPSA) is 43.1 Å².